The summed E-state index contributed by atoms with van der Waals surface area (Å²) in [7, 11) is 1.27. The molecule has 0 radical (unpaired) electrons. The molecule has 9 nitrogen and oxygen atoms in total. The number of aromatic nitrogens is 2. The maximum atomic E-state index is 12.1. The number of amides is 3. The number of aromatic amines is 1. The van der Waals surface area contributed by atoms with E-state index in [1.54, 1.807) is 66.7 Å². The van der Waals surface area contributed by atoms with Crippen LogP contribution in [0.15, 0.2) is 66.7 Å². The van der Waals surface area contributed by atoms with E-state index >= 15 is 0 Å². The van der Waals surface area contributed by atoms with Crippen molar-refractivity contribution in [2.24, 2.45) is 5.73 Å². The zero-order valence-electron chi connectivity index (χ0n) is 16.8. The Morgan fingerprint density at radius 2 is 1.75 bits per heavy atom. The highest BCUT2D eigenvalue weighted by molar-refractivity contribution is 6.31. The lowest BCUT2D eigenvalue weighted by molar-refractivity contribution is 0.186. The summed E-state index contributed by atoms with van der Waals surface area (Å²) in [4.78, 5) is 32.1. The number of nitrogens with zero attached hydrogens (tertiary/aromatic N) is 2. The molecule has 10 heteroatoms. The smallest absolute Gasteiger partial charge is 0.413 e. The Morgan fingerprint density at radius 1 is 1.03 bits per heavy atom. The Balaban J connectivity index is 1.60. The molecule has 3 aromatic carbocycles. The van der Waals surface area contributed by atoms with Gasteiger partial charge in [0.05, 0.1) is 29.5 Å². The largest absolute Gasteiger partial charge is 0.457 e. The van der Waals surface area contributed by atoms with Crippen LogP contribution in [-0.2, 0) is 4.74 Å². The van der Waals surface area contributed by atoms with Gasteiger partial charge in [-0.15, -0.1) is 0 Å². The van der Waals surface area contributed by atoms with Crippen LogP contribution in [-0.4, -0.2) is 29.2 Å². The van der Waals surface area contributed by atoms with E-state index in [1.165, 1.54) is 12.0 Å². The molecule has 0 aliphatic carbocycles. The van der Waals surface area contributed by atoms with Gasteiger partial charge in [-0.25, -0.2) is 14.6 Å². The van der Waals surface area contributed by atoms with Crippen LogP contribution in [0.5, 0.6) is 11.5 Å². The fraction of sp³-hybridized carbons (Fsp3) is 0.0455. The number of imidazole rings is 1. The quantitative estimate of drug-likeness (QED) is 0.374. The fourth-order valence-electron chi connectivity index (χ4n) is 3.10. The molecule has 3 amide bonds. The van der Waals surface area contributed by atoms with Crippen LogP contribution in [0.1, 0.15) is 0 Å². The summed E-state index contributed by atoms with van der Waals surface area (Å²) < 4.78 is 10.5. The van der Waals surface area contributed by atoms with E-state index in [0.717, 1.165) is 0 Å². The molecule has 0 aliphatic heterocycles. The monoisotopic (exact) mass is 451 g/mol. The van der Waals surface area contributed by atoms with Crippen molar-refractivity contribution in [3.8, 4) is 11.5 Å². The number of anilines is 3. The molecule has 1 aromatic heterocycles. The lowest BCUT2D eigenvalue weighted by Gasteiger charge is -2.21. The third kappa shape index (κ3) is 4.57. The van der Waals surface area contributed by atoms with Gasteiger partial charge in [-0.05, 0) is 42.5 Å². The minimum atomic E-state index is -0.658. The summed E-state index contributed by atoms with van der Waals surface area (Å²) in [6, 6.07) is 18.3. The Labute approximate surface area is 187 Å². The average Bonchev–Trinajstić information content (AvgIpc) is 3.15. The maximum absolute atomic E-state index is 12.1. The van der Waals surface area contributed by atoms with Crippen LogP contribution in [0.3, 0.4) is 0 Å². The highest BCUT2D eigenvalue weighted by atomic mass is 35.5. The molecule has 4 N–H and O–H groups in total. The van der Waals surface area contributed by atoms with Gasteiger partial charge in [-0.3, -0.25) is 10.2 Å². The van der Waals surface area contributed by atoms with Gasteiger partial charge in [0.2, 0.25) is 5.95 Å². The van der Waals surface area contributed by atoms with Crippen LogP contribution >= 0.6 is 11.6 Å². The Hall–Kier alpha value is -4.24. The molecule has 4 rings (SSSR count). The number of hydrogen-bond donors (Lipinski definition) is 3. The second-order valence-corrected chi connectivity index (χ2v) is 7.07. The zero-order valence-corrected chi connectivity index (χ0v) is 17.6. The number of primary amides is 1. The number of halogens is 1. The van der Waals surface area contributed by atoms with Gasteiger partial charge in [-0.1, -0.05) is 23.7 Å². The van der Waals surface area contributed by atoms with Gasteiger partial charge >= 0.3 is 12.1 Å². The first-order valence-corrected chi connectivity index (χ1v) is 9.78. The minimum Gasteiger partial charge on any atom is -0.457 e. The van der Waals surface area contributed by atoms with Gasteiger partial charge in [-0.2, -0.15) is 0 Å². The normalized spacial score (nSPS) is 10.6. The molecular formula is C22H18ClN5O4. The molecule has 0 bridgehead atoms. The first-order valence-electron chi connectivity index (χ1n) is 9.41. The van der Waals surface area contributed by atoms with Gasteiger partial charge in [0, 0.05) is 17.2 Å². The molecule has 1 heterocycles. The third-order valence-electron chi connectivity index (χ3n) is 4.46. The number of hydrogen-bond acceptors (Lipinski definition) is 5. The molecule has 0 spiro atoms. The van der Waals surface area contributed by atoms with Crippen molar-refractivity contribution in [1.82, 2.24) is 9.97 Å². The van der Waals surface area contributed by atoms with E-state index in [1.807, 2.05) is 0 Å². The molecule has 0 aliphatic rings. The highest BCUT2D eigenvalue weighted by Crippen LogP contribution is 2.32. The second-order valence-electron chi connectivity index (χ2n) is 6.63. The van der Waals surface area contributed by atoms with Crippen molar-refractivity contribution in [3.05, 3.63) is 71.8 Å². The van der Waals surface area contributed by atoms with E-state index in [4.69, 9.17) is 22.1 Å². The molecular weight excluding hydrogens is 434 g/mol. The van der Waals surface area contributed by atoms with Crippen LogP contribution < -0.4 is 20.7 Å². The van der Waals surface area contributed by atoms with E-state index < -0.39 is 12.1 Å². The number of H-pyrrole nitrogens is 1. The van der Waals surface area contributed by atoms with Crippen LogP contribution in [0.25, 0.3) is 11.0 Å². The second kappa shape index (κ2) is 8.86. The van der Waals surface area contributed by atoms with E-state index in [0.29, 0.717) is 38.9 Å². The maximum Gasteiger partial charge on any atom is 0.413 e. The predicted octanol–water partition coefficient (Wildman–Crippen LogP) is 5.40. The summed E-state index contributed by atoms with van der Waals surface area (Å²) in [6.07, 6.45) is -0.629. The molecule has 0 atom stereocenters. The van der Waals surface area contributed by atoms with Crippen molar-refractivity contribution < 1.29 is 19.1 Å². The topological polar surface area (TPSA) is 123 Å². The number of nitrogens with two attached hydrogens (primary N) is 1. The summed E-state index contributed by atoms with van der Waals surface area (Å²) in [6.45, 7) is 0. The van der Waals surface area contributed by atoms with Crippen molar-refractivity contribution in [2.75, 3.05) is 17.3 Å². The van der Waals surface area contributed by atoms with Crippen molar-refractivity contribution in [3.63, 3.8) is 0 Å². The van der Waals surface area contributed by atoms with Crippen LogP contribution in [0.4, 0.5) is 26.9 Å². The summed E-state index contributed by atoms with van der Waals surface area (Å²) >= 11 is 6.06. The van der Waals surface area contributed by atoms with Crippen molar-refractivity contribution in [2.45, 2.75) is 0 Å². The number of urea groups is 1. The van der Waals surface area contributed by atoms with Crippen molar-refractivity contribution >= 4 is 52.1 Å². The number of ether oxygens (including phenoxy) is 2. The zero-order chi connectivity index (χ0) is 22.7. The molecule has 4 aromatic rings. The Bertz CT molecular complexity index is 1310. The molecule has 0 unspecified atom stereocenters. The summed E-state index contributed by atoms with van der Waals surface area (Å²) in [5.41, 5.74) is 7.96. The first-order chi connectivity index (χ1) is 15.4. The highest BCUT2D eigenvalue weighted by Gasteiger charge is 2.16. The minimum absolute atomic E-state index is 0.254. The van der Waals surface area contributed by atoms with Crippen LogP contribution in [0, 0.1) is 0 Å². The van der Waals surface area contributed by atoms with E-state index in [9.17, 15) is 9.59 Å². The third-order valence-corrected chi connectivity index (χ3v) is 4.69. The molecule has 0 fully saturated rings. The fourth-order valence-corrected chi connectivity index (χ4v) is 3.28. The number of benzene rings is 3. The van der Waals surface area contributed by atoms with Gasteiger partial charge < -0.3 is 20.2 Å². The van der Waals surface area contributed by atoms with Crippen molar-refractivity contribution in [1.29, 1.82) is 0 Å². The predicted molar refractivity (Wildman–Crippen MR) is 122 cm³/mol. The first kappa shape index (κ1) is 21.0. The SMILES string of the molecule is COC(=O)Nc1nc2ccc(Oc3cccc(N(C(N)=O)c4cccc(Cl)c4)c3)cc2[nH]1. The Morgan fingerprint density at radius 3 is 2.47 bits per heavy atom. The number of fused-ring (bicyclic) bond motifs is 1. The van der Waals surface area contributed by atoms with Gasteiger partial charge in [0.1, 0.15) is 11.5 Å². The van der Waals surface area contributed by atoms with E-state index in [-0.39, 0.29) is 5.95 Å². The lowest BCUT2D eigenvalue weighted by Crippen LogP contribution is -2.31. The summed E-state index contributed by atoms with van der Waals surface area (Å²) in [5, 5.41) is 2.95. The number of nitrogens with one attached hydrogen (secondary N) is 2. The molecule has 162 valence electrons. The molecule has 0 saturated heterocycles. The van der Waals surface area contributed by atoms with Gasteiger partial charge in [0.25, 0.3) is 0 Å². The summed E-state index contributed by atoms with van der Waals surface area (Å²) in [5.74, 6) is 1.27. The average molecular weight is 452 g/mol. The standard InChI is InChI=1S/C22H18ClN5O4/c1-31-22(30)27-21-25-18-9-8-17(12-19(18)26-21)32-16-7-3-6-15(11-16)28(20(24)29)14-5-2-4-13(23)10-14/h2-12H,1H3,(H2,24,29)(H2,25,26,27,30). The molecule has 0 saturated carbocycles. The van der Waals surface area contributed by atoms with E-state index in [2.05, 4.69) is 20.0 Å². The number of carbonyl (C=O) groups is 2. The Kier molecular flexibility index (Phi) is 5.82. The van der Waals surface area contributed by atoms with Crippen LogP contribution in [0.2, 0.25) is 5.02 Å². The molecule has 32 heavy (non-hydrogen) atoms. The number of carbonyl (C=O) groups excluding carboxylic acids is 2. The van der Waals surface area contributed by atoms with Gasteiger partial charge in [0.15, 0.2) is 0 Å². The number of methoxy groups -OCH3 is 1. The lowest BCUT2D eigenvalue weighted by atomic mass is 10.2. The number of rotatable bonds is 5.